The molecule has 1 saturated heterocycles. The monoisotopic (exact) mass is 273 g/mol. The highest BCUT2D eigenvalue weighted by Crippen LogP contribution is 2.15. The van der Waals surface area contributed by atoms with Gasteiger partial charge in [-0.1, -0.05) is 30.3 Å². The number of benzene rings is 1. The van der Waals surface area contributed by atoms with Crippen molar-refractivity contribution in [2.24, 2.45) is 0 Å². The van der Waals surface area contributed by atoms with Crippen LogP contribution >= 0.6 is 0 Å². The molecule has 1 amide bonds. The first-order valence-electron chi connectivity index (χ1n) is 6.83. The van der Waals surface area contributed by atoms with Crippen molar-refractivity contribution in [3.8, 4) is 6.07 Å². The van der Waals surface area contributed by atoms with Crippen molar-refractivity contribution in [3.05, 3.63) is 35.9 Å². The summed E-state index contributed by atoms with van der Waals surface area (Å²) < 4.78 is 0. The van der Waals surface area contributed by atoms with Gasteiger partial charge in [0, 0.05) is 19.1 Å². The van der Waals surface area contributed by atoms with E-state index >= 15 is 0 Å². The van der Waals surface area contributed by atoms with Gasteiger partial charge >= 0.3 is 0 Å². The molecule has 0 bridgehead atoms. The summed E-state index contributed by atoms with van der Waals surface area (Å²) in [5.74, 6) is -0.352. The second-order valence-electron chi connectivity index (χ2n) is 5.03. The van der Waals surface area contributed by atoms with Gasteiger partial charge < -0.3 is 10.4 Å². The van der Waals surface area contributed by atoms with Gasteiger partial charge in [0.25, 0.3) is 5.91 Å². The van der Waals surface area contributed by atoms with E-state index in [1.165, 1.54) is 0 Å². The lowest BCUT2D eigenvalue weighted by molar-refractivity contribution is -0.130. The number of nitrogens with zero attached hydrogens (tertiary/aromatic N) is 2. The summed E-state index contributed by atoms with van der Waals surface area (Å²) in [5.41, 5.74) is 0.604. The van der Waals surface area contributed by atoms with Gasteiger partial charge in [0.2, 0.25) is 0 Å². The number of carbonyl (C=O) groups is 1. The summed E-state index contributed by atoms with van der Waals surface area (Å²) in [5, 5.41) is 21.5. The van der Waals surface area contributed by atoms with Crippen LogP contribution in [0.1, 0.15) is 24.5 Å². The van der Waals surface area contributed by atoms with Crippen molar-refractivity contribution >= 4 is 5.91 Å². The van der Waals surface area contributed by atoms with Gasteiger partial charge in [-0.15, -0.1) is 0 Å². The molecule has 0 saturated carbocycles. The van der Waals surface area contributed by atoms with Gasteiger partial charge in [0.05, 0.1) is 12.6 Å². The zero-order chi connectivity index (χ0) is 14.4. The zero-order valence-electron chi connectivity index (χ0n) is 11.3. The maximum atomic E-state index is 12.0. The van der Waals surface area contributed by atoms with Gasteiger partial charge in [-0.3, -0.25) is 9.69 Å². The lowest BCUT2D eigenvalue weighted by atomic mass is 10.0. The predicted molar refractivity (Wildman–Crippen MR) is 74.6 cm³/mol. The Morgan fingerprint density at radius 3 is 2.65 bits per heavy atom. The van der Waals surface area contributed by atoms with Crippen LogP contribution in [0.3, 0.4) is 0 Å². The predicted octanol–water partition coefficient (Wildman–Crippen LogP) is 0.824. The highest BCUT2D eigenvalue weighted by atomic mass is 16.3. The quantitative estimate of drug-likeness (QED) is 0.796. The molecule has 106 valence electrons. The average Bonchev–Trinajstić information content (AvgIpc) is 2.49. The van der Waals surface area contributed by atoms with Crippen LogP contribution < -0.4 is 5.32 Å². The van der Waals surface area contributed by atoms with Crippen molar-refractivity contribution in [3.63, 3.8) is 0 Å². The van der Waals surface area contributed by atoms with E-state index in [0.29, 0.717) is 12.1 Å². The second kappa shape index (κ2) is 7.04. The molecule has 1 heterocycles. The molecule has 1 aromatic rings. The summed E-state index contributed by atoms with van der Waals surface area (Å²) >= 11 is 0. The third kappa shape index (κ3) is 3.80. The molecule has 1 aliphatic heterocycles. The minimum Gasteiger partial charge on any atom is -0.378 e. The molecule has 2 rings (SSSR count). The number of nitrogens with one attached hydrogen (secondary N) is 1. The van der Waals surface area contributed by atoms with Crippen molar-refractivity contribution in [1.29, 1.82) is 5.26 Å². The minimum atomic E-state index is -1.12. The Balaban J connectivity index is 1.82. The Bertz CT molecular complexity index is 476. The summed E-state index contributed by atoms with van der Waals surface area (Å²) in [6.45, 7) is 2.05. The Kier molecular flexibility index (Phi) is 5.10. The van der Waals surface area contributed by atoms with Crippen molar-refractivity contribution in [1.82, 2.24) is 10.2 Å². The molecule has 1 aliphatic rings. The van der Waals surface area contributed by atoms with E-state index in [0.717, 1.165) is 25.9 Å². The SMILES string of the molecule is N#CCN1CCC(NC(=O)C(O)c2ccccc2)CC1. The van der Waals surface area contributed by atoms with Crippen molar-refractivity contribution in [2.75, 3.05) is 19.6 Å². The third-order valence-electron chi connectivity index (χ3n) is 3.59. The van der Waals surface area contributed by atoms with Gasteiger partial charge in [-0.25, -0.2) is 0 Å². The molecule has 0 spiro atoms. The standard InChI is InChI=1S/C15H19N3O2/c16-8-11-18-9-6-13(7-10-18)17-15(20)14(19)12-4-2-1-3-5-12/h1-5,13-14,19H,6-7,9-11H2,(H,17,20). The molecule has 1 fully saturated rings. The van der Waals surface area contributed by atoms with Crippen LogP contribution in [0.25, 0.3) is 0 Å². The molecule has 0 aliphatic carbocycles. The van der Waals surface area contributed by atoms with Gasteiger partial charge in [-0.05, 0) is 18.4 Å². The maximum absolute atomic E-state index is 12.0. The fourth-order valence-corrected chi connectivity index (χ4v) is 2.40. The highest BCUT2D eigenvalue weighted by Gasteiger charge is 2.24. The first-order valence-corrected chi connectivity index (χ1v) is 6.83. The smallest absolute Gasteiger partial charge is 0.253 e. The molecular formula is C15H19N3O2. The number of rotatable bonds is 4. The van der Waals surface area contributed by atoms with E-state index < -0.39 is 6.10 Å². The first-order chi connectivity index (χ1) is 9.70. The number of aliphatic hydroxyl groups excluding tert-OH is 1. The maximum Gasteiger partial charge on any atom is 0.253 e. The number of carbonyl (C=O) groups excluding carboxylic acids is 1. The Labute approximate surface area is 118 Å². The molecule has 0 aromatic heterocycles. The molecule has 2 N–H and O–H groups in total. The van der Waals surface area contributed by atoms with Crippen LogP contribution in [-0.2, 0) is 4.79 Å². The van der Waals surface area contributed by atoms with Gasteiger partial charge in [-0.2, -0.15) is 5.26 Å². The van der Waals surface area contributed by atoms with Gasteiger partial charge in [0.15, 0.2) is 6.10 Å². The number of hydrogen-bond donors (Lipinski definition) is 2. The molecular weight excluding hydrogens is 254 g/mol. The molecule has 0 radical (unpaired) electrons. The van der Waals surface area contributed by atoms with Gasteiger partial charge in [0.1, 0.15) is 0 Å². The molecule has 1 unspecified atom stereocenters. The number of piperidine rings is 1. The topological polar surface area (TPSA) is 76.4 Å². The number of likely N-dealkylation sites (tertiary alicyclic amines) is 1. The molecule has 5 nitrogen and oxygen atoms in total. The van der Waals surface area contributed by atoms with Crippen LogP contribution in [0.5, 0.6) is 0 Å². The first kappa shape index (κ1) is 14.5. The lowest BCUT2D eigenvalue weighted by Crippen LogP contribution is -2.46. The Morgan fingerprint density at radius 1 is 1.40 bits per heavy atom. The average molecular weight is 273 g/mol. The van der Waals surface area contributed by atoms with Crippen LogP contribution in [0.4, 0.5) is 0 Å². The lowest BCUT2D eigenvalue weighted by Gasteiger charge is -2.31. The fourth-order valence-electron chi connectivity index (χ4n) is 2.40. The largest absolute Gasteiger partial charge is 0.378 e. The molecule has 1 atom stereocenters. The normalized spacial score (nSPS) is 18.2. The zero-order valence-corrected chi connectivity index (χ0v) is 11.3. The van der Waals surface area contributed by atoms with E-state index in [2.05, 4.69) is 16.3 Å². The number of nitriles is 1. The number of hydrogen-bond acceptors (Lipinski definition) is 4. The van der Waals surface area contributed by atoms with E-state index in [1.807, 2.05) is 6.07 Å². The van der Waals surface area contributed by atoms with E-state index in [4.69, 9.17) is 5.26 Å². The van der Waals surface area contributed by atoms with Crippen LogP contribution in [0, 0.1) is 11.3 Å². The van der Waals surface area contributed by atoms with Crippen molar-refractivity contribution < 1.29 is 9.90 Å². The highest BCUT2D eigenvalue weighted by molar-refractivity contribution is 5.82. The third-order valence-corrected chi connectivity index (χ3v) is 3.59. The molecule has 20 heavy (non-hydrogen) atoms. The van der Waals surface area contributed by atoms with Crippen molar-refractivity contribution in [2.45, 2.75) is 25.0 Å². The Hall–Kier alpha value is -1.90. The summed E-state index contributed by atoms with van der Waals surface area (Å²) in [6, 6.07) is 11.1. The molecule has 1 aromatic carbocycles. The Morgan fingerprint density at radius 2 is 2.05 bits per heavy atom. The van der Waals surface area contributed by atoms with E-state index in [-0.39, 0.29) is 11.9 Å². The number of aliphatic hydroxyl groups is 1. The minimum absolute atomic E-state index is 0.0794. The van der Waals surface area contributed by atoms with Crippen LogP contribution in [-0.4, -0.2) is 41.6 Å². The van der Waals surface area contributed by atoms with Crippen LogP contribution in [0.2, 0.25) is 0 Å². The summed E-state index contributed by atoms with van der Waals surface area (Å²) in [7, 11) is 0. The fraction of sp³-hybridized carbons (Fsp3) is 0.467. The summed E-state index contributed by atoms with van der Waals surface area (Å²) in [6.07, 6.45) is 0.512. The number of amides is 1. The molecule has 5 heteroatoms. The van der Waals surface area contributed by atoms with E-state index in [1.54, 1.807) is 24.3 Å². The van der Waals surface area contributed by atoms with Crippen LogP contribution in [0.15, 0.2) is 30.3 Å². The van der Waals surface area contributed by atoms with E-state index in [9.17, 15) is 9.90 Å². The summed E-state index contributed by atoms with van der Waals surface area (Å²) in [4.78, 5) is 14.1. The second-order valence-corrected chi connectivity index (χ2v) is 5.03.